The van der Waals surface area contributed by atoms with Crippen molar-refractivity contribution in [3.8, 4) is 11.3 Å². The van der Waals surface area contributed by atoms with E-state index in [-0.39, 0.29) is 17.8 Å². The Hall–Kier alpha value is -3.03. The number of rotatable bonds is 6. The summed E-state index contributed by atoms with van der Waals surface area (Å²) in [4.78, 5) is 24.8. The minimum absolute atomic E-state index is 0.121. The van der Waals surface area contributed by atoms with Crippen molar-refractivity contribution < 1.29 is 13.7 Å². The number of nitrogens with zero attached hydrogens (tertiary/aromatic N) is 5. The van der Waals surface area contributed by atoms with Gasteiger partial charge in [-0.05, 0) is 43.5 Å². The van der Waals surface area contributed by atoms with Crippen LogP contribution >= 0.6 is 0 Å². The number of aromatic nitrogens is 3. The number of unbranched alkanes of at least 4 members (excludes halogenated alkanes) is 1. The standard InChI is InChI=1S/C22H26FN5O2/c1-3-4-11-28(18-9-12-27(13-10-18)15(2)29)21-19-20(16-5-7-17(23)8-6-16)26-30-22(19)25-14-24-21/h5-8,14,18H,3-4,9-13H2,1-2H3. The van der Waals surface area contributed by atoms with E-state index in [0.717, 1.165) is 62.1 Å². The first-order chi connectivity index (χ1) is 14.6. The number of piperidine rings is 1. The van der Waals surface area contributed by atoms with Gasteiger partial charge >= 0.3 is 0 Å². The van der Waals surface area contributed by atoms with Crippen molar-refractivity contribution in [2.45, 2.75) is 45.6 Å². The highest BCUT2D eigenvalue weighted by molar-refractivity contribution is 5.98. The summed E-state index contributed by atoms with van der Waals surface area (Å²) >= 11 is 0. The zero-order valence-corrected chi connectivity index (χ0v) is 17.3. The molecule has 0 unspecified atom stereocenters. The first-order valence-electron chi connectivity index (χ1n) is 10.5. The van der Waals surface area contributed by atoms with Gasteiger partial charge in [-0.1, -0.05) is 18.5 Å². The third-order valence-corrected chi connectivity index (χ3v) is 5.75. The Balaban J connectivity index is 1.73. The van der Waals surface area contributed by atoms with Gasteiger partial charge in [0.05, 0.1) is 0 Å². The molecule has 4 rings (SSSR count). The smallest absolute Gasteiger partial charge is 0.263 e. The number of hydrogen-bond donors (Lipinski definition) is 0. The Morgan fingerprint density at radius 2 is 1.97 bits per heavy atom. The number of carbonyl (C=O) groups is 1. The average Bonchev–Trinajstić information content (AvgIpc) is 3.20. The van der Waals surface area contributed by atoms with Gasteiger partial charge in [-0.15, -0.1) is 0 Å². The summed E-state index contributed by atoms with van der Waals surface area (Å²) in [5.74, 6) is 0.607. The zero-order chi connectivity index (χ0) is 21.1. The minimum Gasteiger partial charge on any atom is -0.353 e. The molecule has 0 saturated carbocycles. The molecular formula is C22H26FN5O2. The molecule has 30 heavy (non-hydrogen) atoms. The van der Waals surface area contributed by atoms with Crippen molar-refractivity contribution in [1.82, 2.24) is 20.0 Å². The maximum atomic E-state index is 13.4. The molecule has 7 nitrogen and oxygen atoms in total. The van der Waals surface area contributed by atoms with Crippen LogP contribution in [0.15, 0.2) is 35.1 Å². The van der Waals surface area contributed by atoms with E-state index in [0.29, 0.717) is 11.4 Å². The summed E-state index contributed by atoms with van der Waals surface area (Å²) < 4.78 is 18.9. The molecule has 158 valence electrons. The van der Waals surface area contributed by atoms with Gasteiger partial charge in [0, 0.05) is 38.2 Å². The normalized spacial score (nSPS) is 15.0. The highest BCUT2D eigenvalue weighted by atomic mass is 19.1. The van der Waals surface area contributed by atoms with E-state index < -0.39 is 0 Å². The second kappa shape index (κ2) is 8.77. The molecule has 2 aromatic heterocycles. The third-order valence-electron chi connectivity index (χ3n) is 5.75. The van der Waals surface area contributed by atoms with E-state index in [1.807, 2.05) is 4.90 Å². The largest absolute Gasteiger partial charge is 0.353 e. The van der Waals surface area contributed by atoms with Crippen LogP contribution in [0.25, 0.3) is 22.4 Å². The molecule has 1 aromatic carbocycles. The fourth-order valence-corrected chi connectivity index (χ4v) is 4.08. The molecule has 0 N–H and O–H groups in total. The summed E-state index contributed by atoms with van der Waals surface area (Å²) in [5, 5.41) is 4.96. The van der Waals surface area contributed by atoms with Gasteiger partial charge in [-0.25, -0.2) is 9.37 Å². The van der Waals surface area contributed by atoms with Crippen LogP contribution in [0.5, 0.6) is 0 Å². The molecule has 1 saturated heterocycles. The van der Waals surface area contributed by atoms with Gasteiger partial charge in [0.1, 0.15) is 29.0 Å². The number of carbonyl (C=O) groups excluding carboxylic acids is 1. The molecule has 3 heterocycles. The van der Waals surface area contributed by atoms with Crippen molar-refractivity contribution in [3.05, 3.63) is 36.4 Å². The van der Waals surface area contributed by atoms with Crippen LogP contribution in [0.2, 0.25) is 0 Å². The minimum atomic E-state index is -0.301. The molecule has 0 spiro atoms. The van der Waals surface area contributed by atoms with E-state index >= 15 is 0 Å². The molecule has 3 aromatic rings. The number of amides is 1. The molecule has 0 radical (unpaired) electrons. The van der Waals surface area contributed by atoms with Gasteiger partial charge in [0.2, 0.25) is 5.91 Å². The second-order valence-corrected chi connectivity index (χ2v) is 7.70. The molecule has 1 fully saturated rings. The summed E-state index contributed by atoms with van der Waals surface area (Å²) in [5.41, 5.74) is 1.79. The molecule has 1 amide bonds. The van der Waals surface area contributed by atoms with E-state index in [4.69, 9.17) is 4.52 Å². The van der Waals surface area contributed by atoms with Crippen LogP contribution in [0.3, 0.4) is 0 Å². The van der Waals surface area contributed by atoms with Crippen molar-refractivity contribution >= 4 is 22.8 Å². The molecule has 0 aliphatic carbocycles. The van der Waals surface area contributed by atoms with Gasteiger partial charge in [-0.3, -0.25) is 4.79 Å². The maximum absolute atomic E-state index is 13.4. The predicted molar refractivity (Wildman–Crippen MR) is 113 cm³/mol. The number of hydrogen-bond acceptors (Lipinski definition) is 6. The van der Waals surface area contributed by atoms with Crippen LogP contribution in [0.1, 0.15) is 39.5 Å². The lowest BCUT2D eigenvalue weighted by molar-refractivity contribution is -0.129. The van der Waals surface area contributed by atoms with Crippen LogP contribution < -0.4 is 4.90 Å². The summed E-state index contributed by atoms with van der Waals surface area (Å²) in [6.07, 6.45) is 5.35. The van der Waals surface area contributed by atoms with Crippen molar-refractivity contribution in [3.63, 3.8) is 0 Å². The molecule has 8 heteroatoms. The Bertz CT molecular complexity index is 1010. The lowest BCUT2D eigenvalue weighted by Crippen LogP contribution is -2.47. The van der Waals surface area contributed by atoms with Crippen molar-refractivity contribution in [2.75, 3.05) is 24.5 Å². The van der Waals surface area contributed by atoms with Crippen LogP contribution in [-0.4, -0.2) is 51.6 Å². The fraction of sp³-hybridized carbons (Fsp3) is 0.455. The maximum Gasteiger partial charge on any atom is 0.263 e. The second-order valence-electron chi connectivity index (χ2n) is 7.70. The zero-order valence-electron chi connectivity index (χ0n) is 17.3. The van der Waals surface area contributed by atoms with Crippen molar-refractivity contribution in [2.24, 2.45) is 0 Å². The van der Waals surface area contributed by atoms with Crippen LogP contribution in [0, 0.1) is 5.82 Å². The number of likely N-dealkylation sites (tertiary alicyclic amines) is 1. The van der Waals surface area contributed by atoms with Gasteiger partial charge in [0.15, 0.2) is 0 Å². The average molecular weight is 411 g/mol. The van der Waals surface area contributed by atoms with Gasteiger partial charge < -0.3 is 14.3 Å². The summed E-state index contributed by atoms with van der Waals surface area (Å²) in [6.45, 7) is 6.11. The topological polar surface area (TPSA) is 75.4 Å². The predicted octanol–water partition coefficient (Wildman–Crippen LogP) is 4.04. The lowest BCUT2D eigenvalue weighted by Gasteiger charge is -2.39. The van der Waals surface area contributed by atoms with E-state index in [1.165, 1.54) is 18.5 Å². The Morgan fingerprint density at radius 1 is 1.23 bits per heavy atom. The van der Waals surface area contributed by atoms with E-state index in [2.05, 4.69) is 26.9 Å². The van der Waals surface area contributed by atoms with Gasteiger partial charge in [0.25, 0.3) is 5.71 Å². The van der Waals surface area contributed by atoms with Crippen LogP contribution in [-0.2, 0) is 4.79 Å². The highest BCUT2D eigenvalue weighted by Crippen LogP contribution is 2.35. The Labute approximate surface area is 174 Å². The highest BCUT2D eigenvalue weighted by Gasteiger charge is 2.29. The summed E-state index contributed by atoms with van der Waals surface area (Å²) in [6, 6.07) is 6.45. The first-order valence-corrected chi connectivity index (χ1v) is 10.5. The molecule has 1 aliphatic rings. The number of benzene rings is 1. The quantitative estimate of drug-likeness (QED) is 0.609. The molecule has 1 aliphatic heterocycles. The number of fused-ring (bicyclic) bond motifs is 1. The van der Waals surface area contributed by atoms with Crippen molar-refractivity contribution in [1.29, 1.82) is 0 Å². The molecular weight excluding hydrogens is 385 g/mol. The Kier molecular flexibility index (Phi) is 5.92. The number of halogens is 1. The molecule has 0 bridgehead atoms. The lowest BCUT2D eigenvalue weighted by atomic mass is 10.0. The van der Waals surface area contributed by atoms with E-state index in [9.17, 15) is 9.18 Å². The van der Waals surface area contributed by atoms with E-state index in [1.54, 1.807) is 19.1 Å². The van der Waals surface area contributed by atoms with Gasteiger partial charge in [-0.2, -0.15) is 4.98 Å². The Morgan fingerprint density at radius 3 is 2.63 bits per heavy atom. The summed E-state index contributed by atoms with van der Waals surface area (Å²) in [7, 11) is 0. The van der Waals surface area contributed by atoms with Crippen LogP contribution in [0.4, 0.5) is 10.2 Å². The fourth-order valence-electron chi connectivity index (χ4n) is 4.08. The SMILES string of the molecule is CCCCN(c1ncnc2onc(-c3ccc(F)cc3)c12)C1CCN(C(C)=O)CC1. The third kappa shape index (κ3) is 3.99. The first kappa shape index (κ1) is 20.3. The monoisotopic (exact) mass is 411 g/mol. The molecule has 0 atom stereocenters. The number of anilines is 1.